The largest absolute Gasteiger partial charge is 0.390 e. The lowest BCUT2D eigenvalue weighted by molar-refractivity contribution is -0.172. The predicted octanol–water partition coefficient (Wildman–Crippen LogP) is 4.22. The lowest BCUT2D eigenvalue weighted by Gasteiger charge is -2.62. The summed E-state index contributed by atoms with van der Waals surface area (Å²) in [5.41, 5.74) is 0.0262. The zero-order valence-electron chi connectivity index (χ0n) is 15.1. The Morgan fingerprint density at radius 2 is 1.77 bits per heavy atom. The first-order valence-electron chi connectivity index (χ1n) is 9.19. The fraction of sp³-hybridized carbons (Fsp3) is 1.00. The Bertz CT molecular complexity index is 408. The van der Waals surface area contributed by atoms with Gasteiger partial charge in [0.1, 0.15) is 0 Å². The molecule has 22 heavy (non-hydrogen) atoms. The third kappa shape index (κ3) is 3.23. The molecule has 0 aromatic rings. The molecule has 6 atom stereocenters. The average molecular weight is 326 g/mol. The molecule has 0 heterocycles. The van der Waals surface area contributed by atoms with Gasteiger partial charge in [0.2, 0.25) is 0 Å². The van der Waals surface area contributed by atoms with Crippen LogP contribution >= 0.6 is 11.8 Å². The number of hydrogen-bond donors (Lipinski definition) is 2. The van der Waals surface area contributed by atoms with Gasteiger partial charge in [-0.2, -0.15) is 11.8 Å². The lowest BCUT2D eigenvalue weighted by Crippen LogP contribution is -2.62. The first kappa shape index (κ1) is 17.1. The van der Waals surface area contributed by atoms with E-state index in [1.54, 1.807) is 0 Å². The van der Waals surface area contributed by atoms with E-state index in [0.717, 1.165) is 31.1 Å². The summed E-state index contributed by atoms with van der Waals surface area (Å²) in [7, 11) is 0. The van der Waals surface area contributed by atoms with Gasteiger partial charge in [-0.25, -0.2) is 0 Å². The number of rotatable bonds is 6. The summed E-state index contributed by atoms with van der Waals surface area (Å²) < 4.78 is 0.339. The van der Waals surface area contributed by atoms with Crippen molar-refractivity contribution in [1.29, 1.82) is 0 Å². The summed E-state index contributed by atoms with van der Waals surface area (Å²) in [6.07, 6.45) is 10.7. The van der Waals surface area contributed by atoms with Crippen molar-refractivity contribution in [1.82, 2.24) is 5.32 Å². The minimum Gasteiger partial charge on any atom is -0.390 e. The molecule has 4 saturated carbocycles. The Kier molecular flexibility index (Phi) is 4.41. The Morgan fingerprint density at radius 1 is 1.18 bits per heavy atom. The molecule has 2 nitrogen and oxygen atoms in total. The van der Waals surface area contributed by atoms with E-state index in [4.69, 9.17) is 0 Å². The quantitative estimate of drug-likeness (QED) is 0.767. The molecule has 0 aromatic heterocycles. The van der Waals surface area contributed by atoms with E-state index in [2.05, 4.69) is 39.3 Å². The SMILES string of the molecule is CSC(C)(C)C[C@H](C)N[C@@H](C)C12C[C@@H]3C[C@@H](CC(O)(C3)C1)C2. The highest BCUT2D eigenvalue weighted by molar-refractivity contribution is 7.99. The third-order valence-electron chi connectivity index (χ3n) is 6.88. The second-order valence-electron chi connectivity index (χ2n) is 9.51. The monoisotopic (exact) mass is 325 g/mol. The van der Waals surface area contributed by atoms with Crippen LogP contribution in [0.25, 0.3) is 0 Å². The lowest BCUT2D eigenvalue weighted by atomic mass is 9.46. The maximum absolute atomic E-state index is 10.9. The molecule has 2 N–H and O–H groups in total. The molecule has 0 aromatic carbocycles. The highest BCUT2D eigenvalue weighted by Crippen LogP contribution is 2.62. The van der Waals surface area contributed by atoms with Crippen LogP contribution in [-0.2, 0) is 0 Å². The van der Waals surface area contributed by atoms with Crippen LogP contribution in [0.15, 0.2) is 0 Å². The molecule has 4 bridgehead atoms. The van der Waals surface area contributed by atoms with E-state index >= 15 is 0 Å². The average Bonchev–Trinajstić information content (AvgIpc) is 2.34. The van der Waals surface area contributed by atoms with Crippen LogP contribution < -0.4 is 5.32 Å². The summed E-state index contributed by atoms with van der Waals surface area (Å²) in [6.45, 7) is 9.41. The smallest absolute Gasteiger partial charge is 0.0659 e. The van der Waals surface area contributed by atoms with E-state index in [1.165, 1.54) is 25.7 Å². The second-order valence-corrected chi connectivity index (χ2v) is 11.0. The van der Waals surface area contributed by atoms with Gasteiger partial charge in [-0.05, 0) is 82.3 Å². The van der Waals surface area contributed by atoms with E-state index < -0.39 is 0 Å². The molecule has 0 spiro atoms. The molecule has 0 aliphatic heterocycles. The highest BCUT2D eigenvalue weighted by Gasteiger charge is 2.58. The van der Waals surface area contributed by atoms with Gasteiger partial charge in [0.15, 0.2) is 0 Å². The van der Waals surface area contributed by atoms with Crippen LogP contribution in [0.4, 0.5) is 0 Å². The van der Waals surface area contributed by atoms with Gasteiger partial charge in [0.05, 0.1) is 5.60 Å². The molecule has 0 radical (unpaired) electrons. The van der Waals surface area contributed by atoms with Gasteiger partial charge in [-0.1, -0.05) is 13.8 Å². The molecule has 0 saturated heterocycles. The summed E-state index contributed by atoms with van der Waals surface area (Å²) in [5.74, 6) is 1.57. The Hall–Kier alpha value is 0.270. The molecule has 4 aliphatic carbocycles. The van der Waals surface area contributed by atoms with E-state index in [9.17, 15) is 5.11 Å². The van der Waals surface area contributed by atoms with Crippen molar-refractivity contribution >= 4 is 11.8 Å². The summed E-state index contributed by atoms with van der Waals surface area (Å²) in [4.78, 5) is 0. The number of thioether (sulfide) groups is 1. The Balaban J connectivity index is 1.66. The van der Waals surface area contributed by atoms with Crippen LogP contribution in [-0.4, -0.2) is 33.8 Å². The van der Waals surface area contributed by atoms with E-state index in [1.807, 2.05) is 11.8 Å². The van der Waals surface area contributed by atoms with Crippen molar-refractivity contribution < 1.29 is 5.11 Å². The molecule has 4 rings (SSSR count). The fourth-order valence-electron chi connectivity index (χ4n) is 6.27. The molecule has 0 amide bonds. The molecule has 4 aliphatic rings. The third-order valence-corrected chi connectivity index (χ3v) is 8.15. The van der Waals surface area contributed by atoms with Crippen LogP contribution in [0.2, 0.25) is 0 Å². The van der Waals surface area contributed by atoms with Gasteiger partial charge in [0, 0.05) is 16.8 Å². The van der Waals surface area contributed by atoms with Crippen molar-refractivity contribution in [3.8, 4) is 0 Å². The van der Waals surface area contributed by atoms with Crippen molar-refractivity contribution in [3.05, 3.63) is 0 Å². The minimum atomic E-state index is -0.332. The second kappa shape index (κ2) is 5.67. The molecule has 3 heteroatoms. The van der Waals surface area contributed by atoms with Crippen LogP contribution in [0.1, 0.15) is 72.6 Å². The number of hydrogen-bond acceptors (Lipinski definition) is 3. The van der Waals surface area contributed by atoms with Crippen molar-refractivity contribution in [2.45, 2.75) is 95.1 Å². The zero-order chi connectivity index (χ0) is 16.2. The summed E-state index contributed by atoms with van der Waals surface area (Å²) in [5, 5.41) is 14.9. The van der Waals surface area contributed by atoms with Gasteiger partial charge in [-0.15, -0.1) is 0 Å². The first-order valence-corrected chi connectivity index (χ1v) is 10.4. The zero-order valence-corrected chi connectivity index (χ0v) is 15.9. The van der Waals surface area contributed by atoms with Crippen molar-refractivity contribution in [2.24, 2.45) is 17.3 Å². The van der Waals surface area contributed by atoms with Crippen molar-refractivity contribution in [2.75, 3.05) is 6.26 Å². The number of aliphatic hydroxyl groups is 1. The summed E-state index contributed by atoms with van der Waals surface area (Å²) in [6, 6.07) is 1.07. The van der Waals surface area contributed by atoms with Gasteiger partial charge in [0.25, 0.3) is 0 Å². The number of nitrogens with one attached hydrogen (secondary N) is 1. The molecule has 4 fully saturated rings. The van der Waals surface area contributed by atoms with Gasteiger partial charge >= 0.3 is 0 Å². The summed E-state index contributed by atoms with van der Waals surface area (Å²) >= 11 is 1.96. The van der Waals surface area contributed by atoms with Gasteiger partial charge < -0.3 is 10.4 Å². The maximum Gasteiger partial charge on any atom is 0.0659 e. The van der Waals surface area contributed by atoms with Gasteiger partial charge in [-0.3, -0.25) is 0 Å². The van der Waals surface area contributed by atoms with Crippen LogP contribution in [0.3, 0.4) is 0 Å². The molecule has 2 unspecified atom stereocenters. The van der Waals surface area contributed by atoms with Crippen LogP contribution in [0.5, 0.6) is 0 Å². The van der Waals surface area contributed by atoms with E-state index in [0.29, 0.717) is 22.2 Å². The molecule has 128 valence electrons. The standard InChI is InChI=1S/C19H35NOS/c1-13(7-17(3,4)22-5)20-14(2)18-8-15-6-16(9-18)11-19(21,10-15)12-18/h13-16,20-21H,6-12H2,1-5H3/t13-,14-,15-,16+,18?,19?/m0/s1. The van der Waals surface area contributed by atoms with Crippen molar-refractivity contribution in [3.63, 3.8) is 0 Å². The maximum atomic E-state index is 10.9. The molecular formula is C19H35NOS. The topological polar surface area (TPSA) is 32.3 Å². The Labute approximate surface area is 141 Å². The first-order chi connectivity index (χ1) is 10.2. The fourth-order valence-corrected chi connectivity index (χ4v) is 6.69. The Morgan fingerprint density at radius 3 is 2.27 bits per heavy atom. The normalized spacial score (nSPS) is 43.4. The predicted molar refractivity (Wildman–Crippen MR) is 96.3 cm³/mol. The van der Waals surface area contributed by atoms with Crippen LogP contribution in [0, 0.1) is 17.3 Å². The minimum absolute atomic E-state index is 0.332. The highest BCUT2D eigenvalue weighted by atomic mass is 32.2. The molecular weight excluding hydrogens is 290 g/mol. The van der Waals surface area contributed by atoms with E-state index in [-0.39, 0.29) is 5.60 Å².